The van der Waals surface area contributed by atoms with E-state index >= 15 is 0 Å². The Morgan fingerprint density at radius 1 is 1.35 bits per heavy atom. The highest BCUT2D eigenvalue weighted by Gasteiger charge is 2.31. The van der Waals surface area contributed by atoms with Gasteiger partial charge in [0.25, 0.3) is 0 Å². The van der Waals surface area contributed by atoms with E-state index in [4.69, 9.17) is 4.74 Å². The molecule has 1 atom stereocenters. The third kappa shape index (κ3) is 3.58. The smallest absolute Gasteiger partial charge is 0.327 e. The summed E-state index contributed by atoms with van der Waals surface area (Å²) in [5, 5.41) is 9.22. The van der Waals surface area contributed by atoms with Crippen LogP contribution >= 0.6 is 0 Å². The van der Waals surface area contributed by atoms with E-state index in [-0.39, 0.29) is 18.6 Å². The van der Waals surface area contributed by atoms with Crippen molar-refractivity contribution in [3.63, 3.8) is 0 Å². The first kappa shape index (κ1) is 15.0. The summed E-state index contributed by atoms with van der Waals surface area (Å²) in [4.78, 5) is 14.4. The zero-order chi connectivity index (χ0) is 14.4. The van der Waals surface area contributed by atoms with Gasteiger partial charge in [-0.1, -0.05) is 30.3 Å². The molecule has 1 aromatic rings. The number of ether oxygens (including phenoxy) is 1. The molecule has 4 nitrogen and oxygen atoms in total. The van der Waals surface area contributed by atoms with Gasteiger partial charge in [-0.15, -0.1) is 0 Å². The minimum Gasteiger partial charge on any atom is -0.465 e. The van der Waals surface area contributed by atoms with Crippen molar-refractivity contribution >= 4 is 5.97 Å². The predicted octanol–water partition coefficient (Wildman–Crippen LogP) is 2.00. The third-order valence-corrected chi connectivity index (χ3v) is 3.90. The first-order chi connectivity index (χ1) is 9.76. The second-order valence-corrected chi connectivity index (χ2v) is 5.23. The maximum atomic E-state index is 12.3. The van der Waals surface area contributed by atoms with Gasteiger partial charge in [0.1, 0.15) is 6.04 Å². The Kier molecular flexibility index (Phi) is 5.56. The molecule has 0 bridgehead atoms. The molecule has 20 heavy (non-hydrogen) atoms. The van der Waals surface area contributed by atoms with E-state index in [2.05, 4.69) is 4.90 Å². The number of esters is 1. The van der Waals surface area contributed by atoms with Crippen molar-refractivity contribution in [3.8, 4) is 0 Å². The Bertz CT molecular complexity index is 413. The number of hydrogen-bond donors (Lipinski definition) is 1. The first-order valence-corrected chi connectivity index (χ1v) is 7.32. The van der Waals surface area contributed by atoms with Crippen LogP contribution in [0.3, 0.4) is 0 Å². The molecule has 1 fully saturated rings. The number of likely N-dealkylation sites (tertiary alicyclic amines) is 1. The van der Waals surface area contributed by atoms with Crippen molar-refractivity contribution in [2.75, 3.05) is 26.3 Å². The minimum absolute atomic E-state index is 0.179. The standard InChI is InChI=1S/C16H23NO3/c1-2-20-16(19)15(14-6-4-3-5-7-14)17-10-8-13(12-18)9-11-17/h3-7,13,15,18H,2,8-12H2,1H3. The molecule has 1 aliphatic rings. The monoisotopic (exact) mass is 277 g/mol. The molecule has 1 heterocycles. The SMILES string of the molecule is CCOC(=O)C(c1ccccc1)N1CCC(CO)CC1. The summed E-state index contributed by atoms with van der Waals surface area (Å²) in [6, 6.07) is 9.46. The number of rotatable bonds is 5. The molecule has 1 aliphatic heterocycles. The van der Waals surface area contributed by atoms with Gasteiger partial charge in [-0.3, -0.25) is 4.90 Å². The van der Waals surface area contributed by atoms with Gasteiger partial charge < -0.3 is 9.84 Å². The minimum atomic E-state index is -0.323. The van der Waals surface area contributed by atoms with Gasteiger partial charge in [0.15, 0.2) is 0 Å². The maximum Gasteiger partial charge on any atom is 0.327 e. The molecule has 1 aromatic carbocycles. The van der Waals surface area contributed by atoms with E-state index in [9.17, 15) is 9.90 Å². The Labute approximate surface area is 120 Å². The Balaban J connectivity index is 2.13. The van der Waals surface area contributed by atoms with Crippen molar-refractivity contribution in [3.05, 3.63) is 35.9 Å². The van der Waals surface area contributed by atoms with Crippen LogP contribution in [0.2, 0.25) is 0 Å². The number of hydrogen-bond acceptors (Lipinski definition) is 4. The topological polar surface area (TPSA) is 49.8 Å². The number of benzene rings is 1. The zero-order valence-electron chi connectivity index (χ0n) is 12.0. The van der Waals surface area contributed by atoms with Gasteiger partial charge in [0, 0.05) is 6.61 Å². The second-order valence-electron chi connectivity index (χ2n) is 5.23. The van der Waals surface area contributed by atoms with E-state index in [1.54, 1.807) is 0 Å². The van der Waals surface area contributed by atoms with Crippen LogP contribution in [-0.2, 0) is 9.53 Å². The van der Waals surface area contributed by atoms with Gasteiger partial charge >= 0.3 is 5.97 Å². The van der Waals surface area contributed by atoms with Crippen molar-refractivity contribution in [1.29, 1.82) is 0 Å². The summed E-state index contributed by atoms with van der Waals surface area (Å²) in [6.07, 6.45) is 1.86. The summed E-state index contributed by atoms with van der Waals surface area (Å²) >= 11 is 0. The van der Waals surface area contributed by atoms with Gasteiger partial charge in [0.2, 0.25) is 0 Å². The average Bonchev–Trinajstić information content (AvgIpc) is 2.50. The summed E-state index contributed by atoms with van der Waals surface area (Å²) in [7, 11) is 0. The van der Waals surface area contributed by atoms with Crippen LogP contribution in [0.4, 0.5) is 0 Å². The van der Waals surface area contributed by atoms with Crippen molar-refractivity contribution < 1.29 is 14.6 Å². The lowest BCUT2D eigenvalue weighted by atomic mass is 9.95. The average molecular weight is 277 g/mol. The summed E-state index contributed by atoms with van der Waals surface area (Å²) in [6.45, 7) is 4.11. The van der Waals surface area contributed by atoms with E-state index < -0.39 is 0 Å². The zero-order valence-corrected chi connectivity index (χ0v) is 12.0. The van der Waals surface area contributed by atoms with Gasteiger partial charge in [-0.2, -0.15) is 0 Å². The molecule has 0 spiro atoms. The van der Waals surface area contributed by atoms with Crippen molar-refractivity contribution in [1.82, 2.24) is 4.90 Å². The first-order valence-electron chi connectivity index (χ1n) is 7.32. The highest BCUT2D eigenvalue weighted by molar-refractivity contribution is 5.77. The van der Waals surface area contributed by atoms with Gasteiger partial charge in [-0.25, -0.2) is 4.79 Å². The lowest BCUT2D eigenvalue weighted by Crippen LogP contribution is -2.41. The fraction of sp³-hybridized carbons (Fsp3) is 0.562. The van der Waals surface area contributed by atoms with Gasteiger partial charge in [-0.05, 0) is 44.3 Å². The normalized spacial score (nSPS) is 18.7. The summed E-state index contributed by atoms with van der Waals surface area (Å²) in [5.41, 5.74) is 0.980. The Hall–Kier alpha value is -1.39. The molecular weight excluding hydrogens is 254 g/mol. The second kappa shape index (κ2) is 7.41. The molecule has 0 radical (unpaired) electrons. The van der Waals surface area contributed by atoms with Crippen molar-refractivity contribution in [2.45, 2.75) is 25.8 Å². The molecule has 0 saturated carbocycles. The molecule has 0 aromatic heterocycles. The summed E-state index contributed by atoms with van der Waals surface area (Å²) in [5.74, 6) is 0.186. The number of carbonyl (C=O) groups excluding carboxylic acids is 1. The van der Waals surface area contributed by atoms with Crippen LogP contribution in [0.1, 0.15) is 31.4 Å². The number of piperidine rings is 1. The molecule has 1 N–H and O–H groups in total. The lowest BCUT2D eigenvalue weighted by molar-refractivity contribution is -0.150. The largest absolute Gasteiger partial charge is 0.465 e. The van der Waals surface area contributed by atoms with E-state index in [1.165, 1.54) is 0 Å². The molecular formula is C16H23NO3. The Morgan fingerprint density at radius 3 is 2.55 bits per heavy atom. The van der Waals surface area contributed by atoms with E-state index in [1.807, 2.05) is 37.3 Å². The molecule has 2 rings (SSSR count). The molecule has 4 heteroatoms. The highest BCUT2D eigenvalue weighted by atomic mass is 16.5. The van der Waals surface area contributed by atoms with Crippen LogP contribution in [0.5, 0.6) is 0 Å². The predicted molar refractivity (Wildman–Crippen MR) is 77.2 cm³/mol. The maximum absolute atomic E-state index is 12.3. The van der Waals surface area contributed by atoms with Crippen LogP contribution in [0, 0.1) is 5.92 Å². The molecule has 0 amide bonds. The Morgan fingerprint density at radius 2 is 2.00 bits per heavy atom. The number of aliphatic hydroxyl groups excluding tert-OH is 1. The van der Waals surface area contributed by atoms with Crippen LogP contribution < -0.4 is 0 Å². The fourth-order valence-electron chi connectivity index (χ4n) is 2.75. The molecule has 1 saturated heterocycles. The number of nitrogens with zero attached hydrogens (tertiary/aromatic N) is 1. The quantitative estimate of drug-likeness (QED) is 0.836. The van der Waals surface area contributed by atoms with Crippen molar-refractivity contribution in [2.24, 2.45) is 5.92 Å². The number of aliphatic hydroxyl groups is 1. The molecule has 110 valence electrons. The van der Waals surface area contributed by atoms with Crippen LogP contribution in [0.25, 0.3) is 0 Å². The fourth-order valence-corrected chi connectivity index (χ4v) is 2.75. The molecule has 1 unspecified atom stereocenters. The van der Waals surface area contributed by atoms with E-state index in [0.29, 0.717) is 12.5 Å². The highest BCUT2D eigenvalue weighted by Crippen LogP contribution is 2.27. The summed E-state index contributed by atoms with van der Waals surface area (Å²) < 4.78 is 5.23. The number of carbonyl (C=O) groups is 1. The van der Waals surface area contributed by atoms with Crippen LogP contribution in [0.15, 0.2) is 30.3 Å². The third-order valence-electron chi connectivity index (χ3n) is 3.90. The van der Waals surface area contributed by atoms with Gasteiger partial charge in [0.05, 0.1) is 6.61 Å². The van der Waals surface area contributed by atoms with E-state index in [0.717, 1.165) is 31.5 Å². The lowest BCUT2D eigenvalue weighted by Gasteiger charge is -2.36. The van der Waals surface area contributed by atoms with Crippen LogP contribution in [-0.4, -0.2) is 42.3 Å². The molecule has 0 aliphatic carbocycles.